The molecule has 1 aromatic rings. The van der Waals surface area contributed by atoms with Crippen LogP contribution in [0.3, 0.4) is 0 Å². The van der Waals surface area contributed by atoms with Crippen LogP contribution < -0.4 is 10.1 Å². The van der Waals surface area contributed by atoms with Crippen LogP contribution in [0.5, 0.6) is 5.75 Å². The van der Waals surface area contributed by atoms with Gasteiger partial charge in [0.15, 0.2) is 0 Å². The topological polar surface area (TPSA) is 75.6 Å². The van der Waals surface area contributed by atoms with Crippen LogP contribution >= 0.6 is 0 Å². The van der Waals surface area contributed by atoms with Gasteiger partial charge in [-0.25, -0.2) is 0 Å². The minimum atomic E-state index is -0.952. The number of hydrogen-bond acceptors (Lipinski definition) is 3. The lowest BCUT2D eigenvalue weighted by atomic mass is 10.2. The number of ether oxygens (including phenoxy) is 1. The first kappa shape index (κ1) is 16.0. The summed E-state index contributed by atoms with van der Waals surface area (Å²) in [5.41, 5.74) is 1.20. The molecule has 0 radical (unpaired) electrons. The summed E-state index contributed by atoms with van der Waals surface area (Å²) in [4.78, 5) is 21.5. The molecular formula is C15H21NO4. The van der Waals surface area contributed by atoms with Crippen molar-refractivity contribution in [2.75, 3.05) is 13.2 Å². The summed E-state index contributed by atoms with van der Waals surface area (Å²) < 4.78 is 5.56. The van der Waals surface area contributed by atoms with E-state index in [-0.39, 0.29) is 18.7 Å². The Bertz CT molecular complexity index is 428. The number of carboxylic acid groups (broad SMARTS) is 1. The normalized spacial score (nSPS) is 10.1. The van der Waals surface area contributed by atoms with Gasteiger partial charge in [-0.15, -0.1) is 0 Å². The Morgan fingerprint density at radius 2 is 1.85 bits per heavy atom. The van der Waals surface area contributed by atoms with E-state index < -0.39 is 5.97 Å². The second kappa shape index (κ2) is 8.96. The minimum absolute atomic E-state index is 0.0369. The second-order valence-electron chi connectivity index (χ2n) is 4.61. The molecule has 20 heavy (non-hydrogen) atoms. The van der Waals surface area contributed by atoms with Crippen LogP contribution in [0.4, 0.5) is 0 Å². The summed E-state index contributed by atoms with van der Waals surface area (Å²) in [5.74, 6) is -0.320. The molecule has 0 spiro atoms. The van der Waals surface area contributed by atoms with Crippen molar-refractivity contribution in [3.63, 3.8) is 0 Å². The Hall–Kier alpha value is -2.04. The molecule has 0 saturated heterocycles. The van der Waals surface area contributed by atoms with Crippen molar-refractivity contribution in [3.05, 3.63) is 29.8 Å². The standard InChI is InChI=1S/C15H21NO4/c1-12-4-6-13(7-5-12)20-11-3-2-10-16-14(17)8-9-15(18)19/h4-7H,2-3,8-11H2,1H3,(H,16,17)(H,18,19). The second-order valence-corrected chi connectivity index (χ2v) is 4.61. The first-order chi connectivity index (χ1) is 9.58. The summed E-state index contributed by atoms with van der Waals surface area (Å²) in [6.07, 6.45) is 1.56. The zero-order valence-corrected chi connectivity index (χ0v) is 11.7. The average Bonchev–Trinajstić information content (AvgIpc) is 2.42. The quantitative estimate of drug-likeness (QED) is 0.679. The lowest BCUT2D eigenvalue weighted by Crippen LogP contribution is -2.25. The fourth-order valence-corrected chi connectivity index (χ4v) is 1.59. The third kappa shape index (κ3) is 7.41. The molecule has 1 amide bonds. The minimum Gasteiger partial charge on any atom is -0.494 e. The molecule has 0 saturated carbocycles. The van der Waals surface area contributed by atoms with E-state index >= 15 is 0 Å². The van der Waals surface area contributed by atoms with Gasteiger partial charge in [0.1, 0.15) is 5.75 Å². The van der Waals surface area contributed by atoms with Crippen LogP contribution in [0.15, 0.2) is 24.3 Å². The van der Waals surface area contributed by atoms with Gasteiger partial charge < -0.3 is 15.2 Å². The van der Waals surface area contributed by atoms with Gasteiger partial charge >= 0.3 is 5.97 Å². The highest BCUT2D eigenvalue weighted by Crippen LogP contribution is 2.11. The third-order valence-corrected chi connectivity index (χ3v) is 2.75. The van der Waals surface area contributed by atoms with E-state index in [0.717, 1.165) is 18.6 Å². The molecule has 0 fully saturated rings. The van der Waals surface area contributed by atoms with Crippen molar-refractivity contribution in [1.82, 2.24) is 5.32 Å². The summed E-state index contributed by atoms with van der Waals surface area (Å²) in [6.45, 7) is 3.18. The first-order valence-electron chi connectivity index (χ1n) is 6.76. The Balaban J connectivity index is 2.01. The summed E-state index contributed by atoms with van der Waals surface area (Å²) >= 11 is 0. The van der Waals surface area contributed by atoms with Crippen LogP contribution in [-0.4, -0.2) is 30.1 Å². The van der Waals surface area contributed by atoms with Gasteiger partial charge in [0.05, 0.1) is 13.0 Å². The Labute approximate surface area is 118 Å². The van der Waals surface area contributed by atoms with E-state index in [2.05, 4.69) is 5.32 Å². The number of unbranched alkanes of at least 4 members (excludes halogenated alkanes) is 1. The van der Waals surface area contributed by atoms with Crippen LogP contribution in [0.1, 0.15) is 31.2 Å². The largest absolute Gasteiger partial charge is 0.494 e. The molecule has 1 aromatic carbocycles. The van der Waals surface area contributed by atoms with Crippen LogP contribution in [-0.2, 0) is 9.59 Å². The van der Waals surface area contributed by atoms with E-state index in [4.69, 9.17) is 9.84 Å². The molecule has 5 heteroatoms. The smallest absolute Gasteiger partial charge is 0.303 e. The average molecular weight is 279 g/mol. The molecule has 0 atom stereocenters. The third-order valence-electron chi connectivity index (χ3n) is 2.75. The number of aliphatic carboxylic acids is 1. The van der Waals surface area contributed by atoms with E-state index in [1.165, 1.54) is 5.56 Å². The van der Waals surface area contributed by atoms with Gasteiger partial charge in [-0.2, -0.15) is 0 Å². The van der Waals surface area contributed by atoms with Gasteiger partial charge in [-0.1, -0.05) is 17.7 Å². The number of nitrogens with one attached hydrogen (secondary N) is 1. The monoisotopic (exact) mass is 279 g/mol. The van der Waals surface area contributed by atoms with Crippen molar-refractivity contribution < 1.29 is 19.4 Å². The molecular weight excluding hydrogens is 258 g/mol. The predicted molar refractivity (Wildman–Crippen MR) is 75.8 cm³/mol. The molecule has 5 nitrogen and oxygen atoms in total. The van der Waals surface area contributed by atoms with Crippen molar-refractivity contribution in [2.24, 2.45) is 0 Å². The van der Waals surface area contributed by atoms with E-state index in [1.807, 2.05) is 31.2 Å². The van der Waals surface area contributed by atoms with Gasteiger partial charge in [0.25, 0.3) is 0 Å². The highest BCUT2D eigenvalue weighted by atomic mass is 16.5. The number of aryl methyl sites for hydroxylation is 1. The molecule has 1 rings (SSSR count). The van der Waals surface area contributed by atoms with Crippen molar-refractivity contribution >= 4 is 11.9 Å². The maximum Gasteiger partial charge on any atom is 0.303 e. The maximum absolute atomic E-state index is 11.2. The lowest BCUT2D eigenvalue weighted by molar-refractivity contribution is -0.138. The number of hydrogen-bond donors (Lipinski definition) is 2. The van der Waals surface area contributed by atoms with Gasteiger partial charge in [-0.3, -0.25) is 9.59 Å². The van der Waals surface area contributed by atoms with E-state index in [9.17, 15) is 9.59 Å². The molecule has 0 heterocycles. The summed E-state index contributed by atoms with van der Waals surface area (Å²) in [5, 5.41) is 11.1. The van der Waals surface area contributed by atoms with Gasteiger partial charge in [0, 0.05) is 13.0 Å². The molecule has 0 aliphatic carbocycles. The SMILES string of the molecule is Cc1ccc(OCCCCNC(=O)CCC(=O)O)cc1. The van der Waals surface area contributed by atoms with Crippen LogP contribution in [0.2, 0.25) is 0 Å². The van der Waals surface area contributed by atoms with Crippen molar-refractivity contribution in [2.45, 2.75) is 32.6 Å². The molecule has 0 aromatic heterocycles. The van der Waals surface area contributed by atoms with E-state index in [0.29, 0.717) is 13.2 Å². The number of benzene rings is 1. The van der Waals surface area contributed by atoms with Gasteiger partial charge in [0.2, 0.25) is 5.91 Å². The maximum atomic E-state index is 11.2. The van der Waals surface area contributed by atoms with Gasteiger partial charge in [-0.05, 0) is 31.9 Å². The predicted octanol–water partition coefficient (Wildman–Crippen LogP) is 2.14. The zero-order valence-electron chi connectivity index (χ0n) is 11.7. The summed E-state index contributed by atoms with van der Waals surface area (Å²) in [6, 6.07) is 7.86. The fraction of sp³-hybridized carbons (Fsp3) is 0.467. The molecule has 2 N–H and O–H groups in total. The fourth-order valence-electron chi connectivity index (χ4n) is 1.59. The Kier molecular flexibility index (Phi) is 7.17. The highest BCUT2D eigenvalue weighted by molar-refractivity contribution is 5.80. The van der Waals surface area contributed by atoms with Crippen LogP contribution in [0.25, 0.3) is 0 Å². The number of carbonyl (C=O) groups excluding carboxylic acids is 1. The number of amides is 1. The zero-order chi connectivity index (χ0) is 14.8. The van der Waals surface area contributed by atoms with Crippen LogP contribution in [0, 0.1) is 6.92 Å². The lowest BCUT2D eigenvalue weighted by Gasteiger charge is -2.07. The molecule has 0 aliphatic heterocycles. The van der Waals surface area contributed by atoms with Crippen molar-refractivity contribution in [1.29, 1.82) is 0 Å². The Morgan fingerprint density at radius 3 is 2.50 bits per heavy atom. The van der Waals surface area contributed by atoms with Crippen molar-refractivity contribution in [3.8, 4) is 5.75 Å². The first-order valence-corrected chi connectivity index (χ1v) is 6.76. The molecule has 110 valence electrons. The van der Waals surface area contributed by atoms with E-state index in [1.54, 1.807) is 0 Å². The summed E-state index contributed by atoms with van der Waals surface area (Å²) in [7, 11) is 0. The highest BCUT2D eigenvalue weighted by Gasteiger charge is 2.04. The molecule has 0 aliphatic rings. The number of carbonyl (C=O) groups is 2. The number of rotatable bonds is 9. The molecule has 0 bridgehead atoms. The number of carboxylic acids is 1. The Morgan fingerprint density at radius 1 is 1.15 bits per heavy atom. The molecule has 0 unspecified atom stereocenters.